The van der Waals surface area contributed by atoms with Gasteiger partial charge in [0.1, 0.15) is 0 Å². The van der Waals surface area contributed by atoms with Crippen molar-refractivity contribution >= 4 is 28.6 Å². The lowest BCUT2D eigenvalue weighted by Gasteiger charge is -2.17. The lowest BCUT2D eigenvalue weighted by molar-refractivity contribution is -0.136. The Kier molecular flexibility index (Phi) is 5.13. The highest BCUT2D eigenvalue weighted by molar-refractivity contribution is 7.98. The Labute approximate surface area is 168 Å². The minimum atomic E-state index is -0.865. The summed E-state index contributed by atoms with van der Waals surface area (Å²) in [7, 11) is 0. The second kappa shape index (κ2) is 7.87. The molecule has 0 fully saturated rings. The summed E-state index contributed by atoms with van der Waals surface area (Å²) in [4.78, 5) is 17.8. The zero-order chi connectivity index (χ0) is 19.5. The summed E-state index contributed by atoms with van der Waals surface area (Å²) in [5.74, 6) is -0.865. The van der Waals surface area contributed by atoms with Gasteiger partial charge in [-0.1, -0.05) is 60.7 Å². The van der Waals surface area contributed by atoms with Crippen LogP contribution in [0.2, 0.25) is 0 Å². The highest BCUT2D eigenvalue weighted by Gasteiger charge is 2.19. The summed E-state index contributed by atoms with van der Waals surface area (Å²) < 4.78 is 0. The van der Waals surface area contributed by atoms with Crippen LogP contribution in [0.3, 0.4) is 0 Å². The Morgan fingerprint density at radius 2 is 1.57 bits per heavy atom. The van der Waals surface area contributed by atoms with E-state index in [0.717, 1.165) is 43.7 Å². The van der Waals surface area contributed by atoms with Gasteiger partial charge in [-0.25, -0.2) is 4.98 Å². The molecule has 0 radical (unpaired) electrons. The van der Waals surface area contributed by atoms with Gasteiger partial charge in [0.15, 0.2) is 0 Å². The summed E-state index contributed by atoms with van der Waals surface area (Å²) in [5, 5.41) is 10.6. The molecule has 1 aromatic heterocycles. The van der Waals surface area contributed by atoms with Gasteiger partial charge < -0.3 is 5.11 Å². The average molecular weight is 385 g/mol. The van der Waals surface area contributed by atoms with E-state index in [0.29, 0.717) is 0 Å². The number of pyridine rings is 1. The summed E-state index contributed by atoms with van der Waals surface area (Å²) >= 11 is 1.68. The van der Waals surface area contributed by atoms with Crippen molar-refractivity contribution in [3.05, 3.63) is 84.4 Å². The van der Waals surface area contributed by atoms with Gasteiger partial charge in [-0.05, 0) is 41.1 Å². The monoisotopic (exact) mass is 385 g/mol. The third kappa shape index (κ3) is 3.51. The molecule has 1 N–H and O–H groups in total. The van der Waals surface area contributed by atoms with Crippen LogP contribution in [-0.4, -0.2) is 22.3 Å². The second-order valence-electron chi connectivity index (χ2n) is 6.50. The lowest BCUT2D eigenvalue weighted by Crippen LogP contribution is -2.06. The third-order valence-electron chi connectivity index (χ3n) is 4.75. The summed E-state index contributed by atoms with van der Waals surface area (Å²) in [6.45, 7) is 0. The van der Waals surface area contributed by atoms with Crippen LogP contribution in [0.15, 0.2) is 83.8 Å². The lowest BCUT2D eigenvalue weighted by atomic mass is 9.90. The summed E-state index contributed by atoms with van der Waals surface area (Å²) in [6, 6.07) is 26.0. The Hall–Kier alpha value is -3.11. The van der Waals surface area contributed by atoms with Gasteiger partial charge in [0.25, 0.3) is 0 Å². The van der Waals surface area contributed by atoms with E-state index < -0.39 is 5.97 Å². The molecular weight excluding hydrogens is 366 g/mol. The minimum absolute atomic E-state index is 0.0817. The van der Waals surface area contributed by atoms with Crippen LogP contribution in [0, 0.1) is 0 Å². The summed E-state index contributed by atoms with van der Waals surface area (Å²) in [5.41, 5.74) is 5.20. The summed E-state index contributed by atoms with van der Waals surface area (Å²) in [6.07, 6.45) is 1.95. The number of hydrogen-bond donors (Lipinski definition) is 1. The van der Waals surface area contributed by atoms with E-state index in [-0.39, 0.29) is 6.42 Å². The number of nitrogens with zero attached hydrogens (tertiary/aromatic N) is 1. The molecule has 0 saturated heterocycles. The largest absolute Gasteiger partial charge is 0.481 e. The standard InChI is InChI=1S/C24H19NO2S/c1-28-18-13-11-17(12-14-18)24-20(15-22(26)27)23(16-7-3-2-4-8-16)19-9-5-6-10-21(19)25-24/h2-14H,15H2,1H3,(H,26,27). The maximum Gasteiger partial charge on any atom is 0.307 e. The second-order valence-corrected chi connectivity index (χ2v) is 7.38. The first-order valence-corrected chi connectivity index (χ1v) is 10.2. The molecule has 0 bridgehead atoms. The maximum absolute atomic E-state index is 11.7. The molecule has 138 valence electrons. The molecule has 0 aliphatic carbocycles. The van der Waals surface area contributed by atoms with E-state index in [9.17, 15) is 9.90 Å². The Morgan fingerprint density at radius 1 is 0.893 bits per heavy atom. The van der Waals surface area contributed by atoms with Crippen LogP contribution in [0.1, 0.15) is 5.56 Å². The number of carboxylic acids is 1. The van der Waals surface area contributed by atoms with Gasteiger partial charge in [0.2, 0.25) is 0 Å². The van der Waals surface area contributed by atoms with E-state index in [1.165, 1.54) is 0 Å². The average Bonchev–Trinajstić information content (AvgIpc) is 2.73. The van der Waals surface area contributed by atoms with Gasteiger partial charge in [-0.2, -0.15) is 0 Å². The Bertz CT molecular complexity index is 1140. The molecule has 0 aliphatic heterocycles. The predicted molar refractivity (Wildman–Crippen MR) is 116 cm³/mol. The van der Waals surface area contributed by atoms with Gasteiger partial charge in [0.05, 0.1) is 17.6 Å². The number of thioether (sulfide) groups is 1. The molecule has 4 aromatic rings. The van der Waals surface area contributed by atoms with E-state index in [1.54, 1.807) is 11.8 Å². The van der Waals surface area contributed by atoms with Crippen molar-refractivity contribution in [2.75, 3.05) is 6.26 Å². The number of hydrogen-bond acceptors (Lipinski definition) is 3. The predicted octanol–water partition coefficient (Wildman–Crippen LogP) is 5.92. The zero-order valence-corrected chi connectivity index (χ0v) is 16.2. The topological polar surface area (TPSA) is 50.2 Å². The third-order valence-corrected chi connectivity index (χ3v) is 5.49. The molecule has 28 heavy (non-hydrogen) atoms. The molecular formula is C24H19NO2S. The molecule has 0 saturated carbocycles. The fraction of sp³-hybridized carbons (Fsp3) is 0.0833. The van der Waals surface area contributed by atoms with Crippen LogP contribution in [-0.2, 0) is 11.2 Å². The molecule has 0 aliphatic rings. The molecule has 4 heteroatoms. The van der Waals surface area contributed by atoms with Crippen LogP contribution in [0.5, 0.6) is 0 Å². The Balaban J connectivity index is 2.07. The van der Waals surface area contributed by atoms with Gasteiger partial charge >= 0.3 is 5.97 Å². The van der Waals surface area contributed by atoms with Crippen LogP contribution in [0.25, 0.3) is 33.3 Å². The minimum Gasteiger partial charge on any atom is -0.481 e. The van der Waals surface area contributed by atoms with Crippen molar-refractivity contribution < 1.29 is 9.90 Å². The molecule has 4 rings (SSSR count). The molecule has 3 aromatic carbocycles. The van der Waals surface area contributed by atoms with Gasteiger partial charge in [0, 0.05) is 15.8 Å². The van der Waals surface area contributed by atoms with Gasteiger partial charge in [-0.3, -0.25) is 4.79 Å². The first-order chi connectivity index (χ1) is 13.7. The van der Waals surface area contributed by atoms with E-state index >= 15 is 0 Å². The molecule has 3 nitrogen and oxygen atoms in total. The maximum atomic E-state index is 11.7. The molecule has 0 atom stereocenters. The van der Waals surface area contributed by atoms with Crippen molar-refractivity contribution in [2.45, 2.75) is 11.3 Å². The van der Waals surface area contributed by atoms with Gasteiger partial charge in [-0.15, -0.1) is 11.8 Å². The number of carbonyl (C=O) groups is 1. The van der Waals surface area contributed by atoms with E-state index in [4.69, 9.17) is 4.98 Å². The molecule has 0 spiro atoms. The quantitative estimate of drug-likeness (QED) is 0.433. The number of benzene rings is 3. The molecule has 0 unspecified atom stereocenters. The number of fused-ring (bicyclic) bond motifs is 1. The van der Waals surface area contributed by atoms with Crippen molar-refractivity contribution in [1.29, 1.82) is 0 Å². The normalized spacial score (nSPS) is 10.9. The fourth-order valence-electron chi connectivity index (χ4n) is 3.50. The first-order valence-electron chi connectivity index (χ1n) is 9.00. The number of aliphatic carboxylic acids is 1. The van der Waals surface area contributed by atoms with Crippen LogP contribution < -0.4 is 0 Å². The highest BCUT2D eigenvalue weighted by Crippen LogP contribution is 2.37. The van der Waals surface area contributed by atoms with Crippen molar-refractivity contribution in [2.24, 2.45) is 0 Å². The highest BCUT2D eigenvalue weighted by atomic mass is 32.2. The van der Waals surface area contributed by atoms with Crippen molar-refractivity contribution in [3.8, 4) is 22.4 Å². The first kappa shape index (κ1) is 18.3. The van der Waals surface area contributed by atoms with E-state index in [1.807, 2.05) is 85.1 Å². The number of aromatic nitrogens is 1. The Morgan fingerprint density at radius 3 is 2.25 bits per heavy atom. The zero-order valence-electron chi connectivity index (χ0n) is 15.4. The van der Waals surface area contributed by atoms with Crippen molar-refractivity contribution in [3.63, 3.8) is 0 Å². The SMILES string of the molecule is CSc1ccc(-c2nc3ccccc3c(-c3ccccc3)c2CC(=O)O)cc1. The number of rotatable bonds is 5. The molecule has 1 heterocycles. The number of para-hydroxylation sites is 1. The van der Waals surface area contributed by atoms with Crippen LogP contribution in [0.4, 0.5) is 0 Å². The van der Waals surface area contributed by atoms with Crippen molar-refractivity contribution in [1.82, 2.24) is 4.98 Å². The van der Waals surface area contributed by atoms with E-state index in [2.05, 4.69) is 0 Å². The number of carboxylic acid groups (broad SMARTS) is 1. The smallest absolute Gasteiger partial charge is 0.307 e. The van der Waals surface area contributed by atoms with Crippen LogP contribution >= 0.6 is 11.8 Å². The fourth-order valence-corrected chi connectivity index (χ4v) is 3.91. The molecule has 0 amide bonds.